The molecule has 1 unspecified atom stereocenters. The predicted molar refractivity (Wildman–Crippen MR) is 54.8 cm³/mol. The summed E-state index contributed by atoms with van der Waals surface area (Å²) in [6, 6.07) is 0. The van der Waals surface area contributed by atoms with Crippen molar-refractivity contribution in [3.63, 3.8) is 0 Å². The summed E-state index contributed by atoms with van der Waals surface area (Å²) in [5.74, 6) is 0.669. The van der Waals surface area contributed by atoms with Crippen LogP contribution in [0.15, 0.2) is 4.99 Å². The molecule has 2 aliphatic rings. The lowest BCUT2D eigenvalue weighted by molar-refractivity contribution is -0.123. The highest BCUT2D eigenvalue weighted by molar-refractivity contribution is 5.81. The third-order valence-electron chi connectivity index (χ3n) is 2.96. The van der Waals surface area contributed by atoms with Crippen LogP contribution in [0, 0.1) is 5.92 Å². The molecule has 78 valence electrons. The maximum atomic E-state index is 11.7. The van der Waals surface area contributed by atoms with E-state index in [4.69, 9.17) is 0 Å². The van der Waals surface area contributed by atoms with E-state index < -0.39 is 0 Å². The topological polar surface area (TPSA) is 44.7 Å². The molecule has 0 spiro atoms. The second-order valence-corrected chi connectivity index (χ2v) is 4.07. The average Bonchev–Trinajstić information content (AvgIpc) is 2.60. The van der Waals surface area contributed by atoms with E-state index in [-0.39, 0.29) is 5.92 Å². The van der Waals surface area contributed by atoms with E-state index in [1.807, 2.05) is 5.01 Å². The summed E-state index contributed by atoms with van der Waals surface area (Å²) in [5.41, 5.74) is 3.03. The van der Waals surface area contributed by atoms with Crippen molar-refractivity contribution >= 4 is 12.1 Å². The first kappa shape index (κ1) is 9.65. The lowest BCUT2D eigenvalue weighted by atomic mass is 9.99. The number of Topliss-reactive ketones (excluding diaryl/α,β-unsaturated/α-hetero) is 1. The number of hydrogen-bond acceptors (Lipinski definition) is 4. The van der Waals surface area contributed by atoms with Crippen LogP contribution in [-0.4, -0.2) is 30.3 Å². The number of nitrogens with zero attached hydrogens (tertiary/aromatic N) is 2. The van der Waals surface area contributed by atoms with Crippen LogP contribution in [0.1, 0.15) is 32.1 Å². The van der Waals surface area contributed by atoms with Crippen molar-refractivity contribution in [2.24, 2.45) is 10.9 Å². The van der Waals surface area contributed by atoms with Crippen LogP contribution in [0.2, 0.25) is 0 Å². The van der Waals surface area contributed by atoms with Gasteiger partial charge in [0.15, 0.2) is 0 Å². The fourth-order valence-electron chi connectivity index (χ4n) is 2.10. The highest BCUT2D eigenvalue weighted by Crippen LogP contribution is 2.20. The van der Waals surface area contributed by atoms with Crippen molar-refractivity contribution < 1.29 is 4.79 Å². The van der Waals surface area contributed by atoms with Gasteiger partial charge in [-0.3, -0.25) is 9.79 Å². The smallest absolute Gasteiger partial charge is 0.137 e. The first-order chi connectivity index (χ1) is 6.86. The normalized spacial score (nSPS) is 28.9. The van der Waals surface area contributed by atoms with Gasteiger partial charge in [0.05, 0.1) is 6.34 Å². The maximum absolute atomic E-state index is 11.7. The number of carbonyl (C=O) groups excluding carboxylic acids is 1. The minimum Gasteiger partial charge on any atom is -0.308 e. The Morgan fingerprint density at radius 2 is 2.43 bits per heavy atom. The molecule has 0 radical (unpaired) electrons. The molecule has 0 amide bonds. The fraction of sp³-hybridized carbons (Fsp3) is 0.800. The molecule has 1 aliphatic heterocycles. The Hall–Kier alpha value is -0.900. The van der Waals surface area contributed by atoms with E-state index in [0.29, 0.717) is 12.5 Å². The largest absolute Gasteiger partial charge is 0.308 e. The molecule has 1 fully saturated rings. The van der Waals surface area contributed by atoms with Crippen LogP contribution in [-0.2, 0) is 4.79 Å². The highest BCUT2D eigenvalue weighted by Gasteiger charge is 2.23. The van der Waals surface area contributed by atoms with E-state index in [1.54, 1.807) is 6.34 Å². The standard InChI is InChI=1S/C10H17N3O/c14-10-5-3-1-2-4-9(10)6-13-8-11-7-12-13/h7,9H,1-6,8H2,(H,11,12). The third kappa shape index (κ3) is 2.32. The summed E-state index contributed by atoms with van der Waals surface area (Å²) < 4.78 is 0. The minimum absolute atomic E-state index is 0.228. The lowest BCUT2D eigenvalue weighted by Crippen LogP contribution is -2.38. The molecule has 0 bridgehead atoms. The molecule has 0 saturated heterocycles. The zero-order chi connectivity index (χ0) is 9.80. The molecule has 0 aromatic rings. The van der Waals surface area contributed by atoms with Gasteiger partial charge >= 0.3 is 0 Å². The SMILES string of the molecule is O=C1CCCCCC1CN1CN=CN1. The Morgan fingerprint density at radius 3 is 3.21 bits per heavy atom. The zero-order valence-electron chi connectivity index (χ0n) is 8.41. The Balaban J connectivity index is 1.84. The van der Waals surface area contributed by atoms with Crippen LogP contribution in [0.3, 0.4) is 0 Å². The molecular weight excluding hydrogens is 178 g/mol. The fourth-order valence-corrected chi connectivity index (χ4v) is 2.10. The zero-order valence-corrected chi connectivity index (χ0v) is 8.41. The Bertz CT molecular complexity index is 232. The summed E-state index contributed by atoms with van der Waals surface area (Å²) >= 11 is 0. The van der Waals surface area contributed by atoms with Crippen molar-refractivity contribution in [2.45, 2.75) is 32.1 Å². The van der Waals surface area contributed by atoms with Gasteiger partial charge in [-0.15, -0.1) is 0 Å². The molecule has 4 nitrogen and oxygen atoms in total. The van der Waals surface area contributed by atoms with Crippen LogP contribution in [0.25, 0.3) is 0 Å². The van der Waals surface area contributed by atoms with Gasteiger partial charge in [-0.05, 0) is 12.8 Å². The maximum Gasteiger partial charge on any atom is 0.137 e. The van der Waals surface area contributed by atoms with Crippen molar-refractivity contribution in [1.82, 2.24) is 10.4 Å². The number of rotatable bonds is 2. The van der Waals surface area contributed by atoms with Crippen LogP contribution >= 0.6 is 0 Å². The van der Waals surface area contributed by atoms with Crippen LogP contribution in [0.4, 0.5) is 0 Å². The first-order valence-corrected chi connectivity index (χ1v) is 5.38. The molecule has 4 heteroatoms. The number of hydrazine groups is 1. The summed E-state index contributed by atoms with van der Waals surface area (Å²) in [6.07, 6.45) is 7.02. The summed E-state index contributed by atoms with van der Waals surface area (Å²) in [4.78, 5) is 15.8. The minimum atomic E-state index is 0.228. The van der Waals surface area contributed by atoms with Crippen molar-refractivity contribution in [3.05, 3.63) is 0 Å². The van der Waals surface area contributed by atoms with Crippen LogP contribution in [0.5, 0.6) is 0 Å². The summed E-state index contributed by atoms with van der Waals surface area (Å²) in [5, 5.41) is 2.01. The van der Waals surface area contributed by atoms with E-state index >= 15 is 0 Å². The van der Waals surface area contributed by atoms with Gasteiger partial charge < -0.3 is 5.43 Å². The molecular formula is C10H17N3O. The predicted octanol–water partition coefficient (Wildman–Crippen LogP) is 0.942. The third-order valence-corrected chi connectivity index (χ3v) is 2.96. The van der Waals surface area contributed by atoms with Crippen molar-refractivity contribution in [3.8, 4) is 0 Å². The number of carbonyl (C=O) groups is 1. The number of hydrogen-bond donors (Lipinski definition) is 1. The molecule has 1 aliphatic carbocycles. The van der Waals surface area contributed by atoms with E-state index in [1.165, 1.54) is 12.8 Å². The Kier molecular flexibility index (Phi) is 3.14. The van der Waals surface area contributed by atoms with Crippen molar-refractivity contribution in [2.75, 3.05) is 13.2 Å². The second kappa shape index (κ2) is 4.55. The van der Waals surface area contributed by atoms with Crippen LogP contribution < -0.4 is 5.43 Å². The number of ketones is 1. The monoisotopic (exact) mass is 195 g/mol. The van der Waals surface area contributed by atoms with Gasteiger partial charge in [-0.25, -0.2) is 5.01 Å². The number of nitrogens with one attached hydrogen (secondary N) is 1. The van der Waals surface area contributed by atoms with Crippen molar-refractivity contribution in [1.29, 1.82) is 0 Å². The molecule has 1 heterocycles. The number of aliphatic imine (C=N–C) groups is 1. The highest BCUT2D eigenvalue weighted by atomic mass is 16.1. The van der Waals surface area contributed by atoms with Gasteiger partial charge in [0, 0.05) is 18.9 Å². The second-order valence-electron chi connectivity index (χ2n) is 4.07. The molecule has 0 aromatic carbocycles. The van der Waals surface area contributed by atoms with Gasteiger partial charge in [0.25, 0.3) is 0 Å². The van der Waals surface area contributed by atoms with Gasteiger partial charge in [0.1, 0.15) is 12.5 Å². The van der Waals surface area contributed by atoms with E-state index in [2.05, 4.69) is 10.4 Å². The van der Waals surface area contributed by atoms with E-state index in [9.17, 15) is 4.79 Å². The molecule has 0 aromatic heterocycles. The Labute approximate surface area is 84.3 Å². The van der Waals surface area contributed by atoms with Gasteiger partial charge in [0.2, 0.25) is 0 Å². The molecule has 1 atom stereocenters. The average molecular weight is 195 g/mol. The molecule has 1 saturated carbocycles. The lowest BCUT2D eigenvalue weighted by Gasteiger charge is -2.20. The molecule has 1 N–H and O–H groups in total. The van der Waals surface area contributed by atoms with E-state index in [0.717, 1.165) is 25.8 Å². The molecule has 2 rings (SSSR count). The van der Waals surface area contributed by atoms with Gasteiger partial charge in [-0.1, -0.05) is 12.8 Å². The quantitative estimate of drug-likeness (QED) is 0.667. The summed E-state index contributed by atoms with van der Waals surface area (Å²) in [7, 11) is 0. The molecule has 14 heavy (non-hydrogen) atoms. The first-order valence-electron chi connectivity index (χ1n) is 5.38. The van der Waals surface area contributed by atoms with Gasteiger partial charge in [-0.2, -0.15) is 0 Å². The summed E-state index contributed by atoms with van der Waals surface area (Å²) in [6.45, 7) is 1.50. The Morgan fingerprint density at radius 1 is 1.50 bits per heavy atom.